The van der Waals surface area contributed by atoms with E-state index in [0.717, 1.165) is 18.7 Å². The summed E-state index contributed by atoms with van der Waals surface area (Å²) in [4.78, 5) is 0. The molecule has 1 aromatic carbocycles. The van der Waals surface area contributed by atoms with Crippen LogP contribution in [0.1, 0.15) is 30.5 Å². The van der Waals surface area contributed by atoms with Gasteiger partial charge in [-0.1, -0.05) is 31.0 Å². The van der Waals surface area contributed by atoms with Crippen LogP contribution in [0.5, 0.6) is 5.75 Å². The summed E-state index contributed by atoms with van der Waals surface area (Å²) < 4.78 is 5.50. The fourth-order valence-corrected chi connectivity index (χ4v) is 2.50. The molecule has 0 aliphatic rings. The summed E-state index contributed by atoms with van der Waals surface area (Å²) in [5, 5.41) is 6.71. The maximum Gasteiger partial charge on any atom is 0.123 e. The normalized spacial score (nSPS) is 14.3. The minimum absolute atomic E-state index is 0.317. The molecule has 0 aliphatic carbocycles. The van der Waals surface area contributed by atoms with Crippen LogP contribution < -0.4 is 15.4 Å². The Hall–Kier alpha value is -1.06. The van der Waals surface area contributed by atoms with E-state index in [9.17, 15) is 0 Å². The first-order chi connectivity index (χ1) is 8.67. The molecule has 0 heterocycles. The smallest absolute Gasteiger partial charge is 0.123 e. The summed E-state index contributed by atoms with van der Waals surface area (Å²) in [5.74, 6) is 1.52. The van der Waals surface area contributed by atoms with E-state index in [4.69, 9.17) is 4.74 Å². The van der Waals surface area contributed by atoms with Gasteiger partial charge in [0.25, 0.3) is 0 Å². The zero-order chi connectivity index (χ0) is 13.5. The van der Waals surface area contributed by atoms with Gasteiger partial charge in [-0.25, -0.2) is 0 Å². The van der Waals surface area contributed by atoms with E-state index in [0.29, 0.717) is 12.0 Å². The zero-order valence-corrected chi connectivity index (χ0v) is 12.2. The van der Waals surface area contributed by atoms with Gasteiger partial charge < -0.3 is 15.4 Å². The molecule has 0 spiro atoms. The molecule has 2 N–H and O–H groups in total. The number of nitrogens with one attached hydrogen (secondary N) is 2. The Morgan fingerprint density at radius 3 is 2.50 bits per heavy atom. The van der Waals surface area contributed by atoms with Crippen molar-refractivity contribution in [1.82, 2.24) is 10.6 Å². The minimum Gasteiger partial charge on any atom is -0.496 e. The number of benzene rings is 1. The Morgan fingerprint density at radius 2 is 2.00 bits per heavy atom. The van der Waals surface area contributed by atoms with E-state index < -0.39 is 0 Å². The molecule has 0 fully saturated rings. The number of ether oxygens (including phenoxy) is 1. The lowest BCUT2D eigenvalue weighted by Crippen LogP contribution is -2.32. The number of rotatable bonds is 7. The molecule has 0 saturated heterocycles. The van der Waals surface area contributed by atoms with Gasteiger partial charge in [0, 0.05) is 11.6 Å². The van der Waals surface area contributed by atoms with E-state index in [2.05, 4.69) is 42.7 Å². The van der Waals surface area contributed by atoms with Crippen LogP contribution in [0.2, 0.25) is 0 Å². The van der Waals surface area contributed by atoms with Crippen molar-refractivity contribution in [2.24, 2.45) is 5.92 Å². The average Bonchev–Trinajstić information content (AvgIpc) is 2.39. The second-order valence-corrected chi connectivity index (χ2v) is 4.74. The van der Waals surface area contributed by atoms with Gasteiger partial charge in [-0.15, -0.1) is 0 Å². The van der Waals surface area contributed by atoms with Crippen LogP contribution in [0.25, 0.3) is 0 Å². The molecule has 0 radical (unpaired) electrons. The van der Waals surface area contributed by atoms with Crippen LogP contribution >= 0.6 is 0 Å². The minimum atomic E-state index is 0.317. The fourth-order valence-electron chi connectivity index (χ4n) is 2.50. The SMILES string of the molecule is CCC(CNC)C(NC)c1cc(C)ccc1OC. The Kier molecular flexibility index (Phi) is 6.16. The third-order valence-electron chi connectivity index (χ3n) is 3.49. The molecule has 0 saturated carbocycles. The van der Waals surface area contributed by atoms with Crippen molar-refractivity contribution in [2.75, 3.05) is 27.7 Å². The molecule has 0 aromatic heterocycles. The first-order valence-electron chi connectivity index (χ1n) is 6.64. The molecule has 1 aromatic rings. The average molecular weight is 250 g/mol. The number of hydrogen-bond donors (Lipinski definition) is 2. The number of methoxy groups -OCH3 is 1. The molecule has 3 nitrogen and oxygen atoms in total. The third-order valence-corrected chi connectivity index (χ3v) is 3.49. The van der Waals surface area contributed by atoms with E-state index in [-0.39, 0.29) is 0 Å². The lowest BCUT2D eigenvalue weighted by atomic mass is 9.89. The predicted octanol–water partition coefficient (Wildman–Crippen LogP) is 2.51. The lowest BCUT2D eigenvalue weighted by Gasteiger charge is -2.28. The van der Waals surface area contributed by atoms with Gasteiger partial charge in [-0.3, -0.25) is 0 Å². The molecule has 0 aliphatic heterocycles. The van der Waals surface area contributed by atoms with Crippen LogP contribution in [0.3, 0.4) is 0 Å². The highest BCUT2D eigenvalue weighted by molar-refractivity contribution is 5.39. The van der Waals surface area contributed by atoms with Gasteiger partial charge in [0.1, 0.15) is 5.75 Å². The Labute approximate surface area is 111 Å². The van der Waals surface area contributed by atoms with Gasteiger partial charge in [0.2, 0.25) is 0 Å². The largest absolute Gasteiger partial charge is 0.496 e. The maximum atomic E-state index is 5.50. The Morgan fingerprint density at radius 1 is 1.28 bits per heavy atom. The van der Waals surface area contributed by atoms with Gasteiger partial charge in [-0.2, -0.15) is 0 Å². The number of hydrogen-bond acceptors (Lipinski definition) is 3. The van der Waals surface area contributed by atoms with Crippen LogP contribution in [0.4, 0.5) is 0 Å². The zero-order valence-electron chi connectivity index (χ0n) is 12.2. The molecule has 2 atom stereocenters. The maximum absolute atomic E-state index is 5.50. The molecule has 3 heteroatoms. The van der Waals surface area contributed by atoms with Crippen molar-refractivity contribution in [1.29, 1.82) is 0 Å². The summed E-state index contributed by atoms with van der Waals surface area (Å²) in [5.41, 5.74) is 2.52. The topological polar surface area (TPSA) is 33.3 Å². The molecular weight excluding hydrogens is 224 g/mol. The van der Waals surface area contributed by atoms with E-state index in [1.807, 2.05) is 14.1 Å². The third kappa shape index (κ3) is 3.47. The second kappa shape index (κ2) is 7.39. The lowest BCUT2D eigenvalue weighted by molar-refractivity contribution is 0.340. The van der Waals surface area contributed by atoms with Crippen molar-refractivity contribution >= 4 is 0 Å². The van der Waals surface area contributed by atoms with Crippen LogP contribution in [-0.4, -0.2) is 27.7 Å². The van der Waals surface area contributed by atoms with E-state index >= 15 is 0 Å². The number of aryl methyl sites for hydroxylation is 1. The standard InChI is InChI=1S/C15H26N2O/c1-6-12(10-16-3)15(17-4)13-9-11(2)7-8-14(13)18-5/h7-9,12,15-17H,6,10H2,1-5H3. The van der Waals surface area contributed by atoms with Crippen molar-refractivity contribution in [3.8, 4) is 5.75 Å². The quantitative estimate of drug-likeness (QED) is 0.780. The summed E-state index contributed by atoms with van der Waals surface area (Å²) in [6.07, 6.45) is 1.13. The highest BCUT2D eigenvalue weighted by Gasteiger charge is 2.22. The first-order valence-corrected chi connectivity index (χ1v) is 6.64. The monoisotopic (exact) mass is 250 g/mol. The van der Waals surface area contributed by atoms with Crippen LogP contribution in [0, 0.1) is 12.8 Å². The molecule has 0 bridgehead atoms. The summed E-state index contributed by atoms with van der Waals surface area (Å²) >= 11 is 0. The molecule has 2 unspecified atom stereocenters. The highest BCUT2D eigenvalue weighted by Crippen LogP contribution is 2.32. The predicted molar refractivity (Wildman–Crippen MR) is 77.2 cm³/mol. The van der Waals surface area contributed by atoms with E-state index in [1.54, 1.807) is 7.11 Å². The van der Waals surface area contributed by atoms with Crippen LogP contribution in [-0.2, 0) is 0 Å². The van der Waals surface area contributed by atoms with Gasteiger partial charge in [0.15, 0.2) is 0 Å². The second-order valence-electron chi connectivity index (χ2n) is 4.74. The first kappa shape index (κ1) is 15.0. The summed E-state index contributed by atoms with van der Waals surface area (Å²) in [7, 11) is 5.76. The van der Waals surface area contributed by atoms with Gasteiger partial charge in [0.05, 0.1) is 7.11 Å². The molecule has 1 rings (SSSR count). The van der Waals surface area contributed by atoms with Gasteiger partial charge >= 0.3 is 0 Å². The molecule has 0 amide bonds. The summed E-state index contributed by atoms with van der Waals surface area (Å²) in [6, 6.07) is 6.69. The van der Waals surface area contributed by atoms with Crippen molar-refractivity contribution in [3.05, 3.63) is 29.3 Å². The highest BCUT2D eigenvalue weighted by atomic mass is 16.5. The van der Waals surface area contributed by atoms with Gasteiger partial charge in [-0.05, 0) is 39.5 Å². The van der Waals surface area contributed by atoms with E-state index in [1.165, 1.54) is 11.1 Å². The Balaban J connectivity index is 3.09. The molecule has 18 heavy (non-hydrogen) atoms. The van der Waals surface area contributed by atoms with Crippen molar-refractivity contribution in [3.63, 3.8) is 0 Å². The summed E-state index contributed by atoms with van der Waals surface area (Å²) in [6.45, 7) is 5.35. The fraction of sp³-hybridized carbons (Fsp3) is 0.600. The molecule has 102 valence electrons. The van der Waals surface area contributed by atoms with Crippen molar-refractivity contribution < 1.29 is 4.74 Å². The van der Waals surface area contributed by atoms with Crippen molar-refractivity contribution in [2.45, 2.75) is 26.3 Å². The molecular formula is C15H26N2O. The Bertz CT molecular complexity index is 366. The van der Waals surface area contributed by atoms with Crippen LogP contribution in [0.15, 0.2) is 18.2 Å².